The number of hydrogen-bond donors (Lipinski definition) is 1. The Kier molecular flexibility index (Phi) is 5.90. The number of nitrogens with zero attached hydrogens (tertiary/aromatic N) is 1. The molecule has 1 heterocycles. The monoisotopic (exact) mass is 352 g/mol. The van der Waals surface area contributed by atoms with E-state index in [1.54, 1.807) is 11.8 Å². The Labute approximate surface area is 151 Å². The van der Waals surface area contributed by atoms with E-state index >= 15 is 0 Å². The van der Waals surface area contributed by atoms with Crippen LogP contribution in [0.4, 0.5) is 0 Å². The van der Waals surface area contributed by atoms with Crippen LogP contribution in [0.1, 0.15) is 27.4 Å². The highest BCUT2D eigenvalue weighted by Gasteiger charge is 2.12. The van der Waals surface area contributed by atoms with Crippen LogP contribution in [0.5, 0.6) is 0 Å². The summed E-state index contributed by atoms with van der Waals surface area (Å²) in [5.41, 5.74) is 2.77. The van der Waals surface area contributed by atoms with Crippen LogP contribution in [0, 0.1) is 6.92 Å². The molecule has 0 spiro atoms. The second-order valence-electron chi connectivity index (χ2n) is 5.71. The van der Waals surface area contributed by atoms with Crippen molar-refractivity contribution in [2.24, 2.45) is 0 Å². The van der Waals surface area contributed by atoms with Crippen LogP contribution in [-0.4, -0.2) is 17.6 Å². The Balaban J connectivity index is 1.58. The summed E-state index contributed by atoms with van der Waals surface area (Å²) < 4.78 is 5.23. The fourth-order valence-electron chi connectivity index (χ4n) is 2.47. The van der Waals surface area contributed by atoms with Crippen LogP contribution < -0.4 is 5.32 Å². The van der Waals surface area contributed by atoms with Crippen LogP contribution in [0.15, 0.2) is 70.1 Å². The van der Waals surface area contributed by atoms with Gasteiger partial charge < -0.3 is 9.84 Å². The molecule has 1 aromatic heterocycles. The lowest BCUT2D eigenvalue weighted by atomic mass is 10.1. The molecule has 0 unspecified atom stereocenters. The quantitative estimate of drug-likeness (QED) is 0.646. The highest BCUT2D eigenvalue weighted by Crippen LogP contribution is 2.26. The van der Waals surface area contributed by atoms with Gasteiger partial charge in [-0.3, -0.25) is 4.79 Å². The number of carbonyl (C=O) groups excluding carboxylic acids is 1. The molecular formula is C20H20N2O2S. The van der Waals surface area contributed by atoms with Gasteiger partial charge in [-0.15, -0.1) is 11.8 Å². The number of thioether (sulfide) groups is 1. The summed E-state index contributed by atoms with van der Waals surface area (Å²) in [4.78, 5) is 13.4. The van der Waals surface area contributed by atoms with Crippen molar-refractivity contribution in [3.05, 3.63) is 83.2 Å². The minimum absolute atomic E-state index is 0.0484. The zero-order chi connectivity index (χ0) is 17.5. The molecule has 128 valence electrons. The molecule has 1 amide bonds. The van der Waals surface area contributed by atoms with Gasteiger partial charge in [0.05, 0.1) is 17.0 Å². The number of benzene rings is 2. The molecule has 25 heavy (non-hydrogen) atoms. The molecule has 0 aliphatic carbocycles. The highest BCUT2D eigenvalue weighted by molar-refractivity contribution is 7.98. The molecular weight excluding hydrogens is 332 g/mol. The first-order chi connectivity index (χ1) is 12.2. The Bertz CT molecular complexity index is 830. The van der Waals surface area contributed by atoms with Gasteiger partial charge in [0.1, 0.15) is 5.76 Å². The lowest BCUT2D eigenvalue weighted by Crippen LogP contribution is -2.26. The number of rotatable bonds is 7. The average molecular weight is 352 g/mol. The molecule has 3 rings (SSSR count). The summed E-state index contributed by atoms with van der Waals surface area (Å²) in [5, 5.41) is 6.89. The Morgan fingerprint density at radius 3 is 2.64 bits per heavy atom. The van der Waals surface area contributed by atoms with E-state index in [0.29, 0.717) is 17.9 Å². The van der Waals surface area contributed by atoms with Gasteiger partial charge >= 0.3 is 0 Å². The minimum atomic E-state index is -0.0484. The van der Waals surface area contributed by atoms with Crippen LogP contribution in [-0.2, 0) is 12.2 Å². The first kappa shape index (κ1) is 17.3. The standard InChI is InChI=1S/C20H20N2O2S/c1-15-13-17(24-22-15)14-25-19-10-6-5-9-18(19)20(23)21-12-11-16-7-3-2-4-8-16/h2-10,13H,11-12,14H2,1H3,(H,21,23). The number of aromatic nitrogens is 1. The van der Waals surface area contributed by atoms with Crippen molar-refractivity contribution in [2.75, 3.05) is 6.54 Å². The molecule has 0 saturated heterocycles. The third kappa shape index (κ3) is 4.97. The van der Waals surface area contributed by atoms with Crippen LogP contribution >= 0.6 is 11.8 Å². The van der Waals surface area contributed by atoms with E-state index in [2.05, 4.69) is 22.6 Å². The normalized spacial score (nSPS) is 10.6. The van der Waals surface area contributed by atoms with Crippen LogP contribution in [0.2, 0.25) is 0 Å². The van der Waals surface area contributed by atoms with Gasteiger partial charge in [0.2, 0.25) is 0 Å². The fraction of sp³-hybridized carbons (Fsp3) is 0.200. The predicted molar refractivity (Wildman–Crippen MR) is 99.7 cm³/mol. The molecule has 0 bridgehead atoms. The van der Waals surface area contributed by atoms with Crippen LogP contribution in [0.25, 0.3) is 0 Å². The molecule has 0 aliphatic rings. The smallest absolute Gasteiger partial charge is 0.252 e. The summed E-state index contributed by atoms with van der Waals surface area (Å²) >= 11 is 1.58. The maximum Gasteiger partial charge on any atom is 0.252 e. The molecule has 0 aliphatic heterocycles. The maximum atomic E-state index is 12.5. The number of amides is 1. The van der Waals surface area contributed by atoms with Crippen molar-refractivity contribution in [1.82, 2.24) is 10.5 Å². The second-order valence-corrected chi connectivity index (χ2v) is 6.73. The number of aryl methyl sites for hydroxylation is 1. The van der Waals surface area contributed by atoms with Gasteiger partial charge in [-0.2, -0.15) is 0 Å². The SMILES string of the molecule is Cc1cc(CSc2ccccc2C(=O)NCCc2ccccc2)on1. The van der Waals surface area contributed by atoms with E-state index in [9.17, 15) is 4.79 Å². The van der Waals surface area contributed by atoms with Gasteiger partial charge in [-0.25, -0.2) is 0 Å². The van der Waals surface area contributed by atoms with E-state index in [1.807, 2.05) is 55.5 Å². The number of carbonyl (C=O) groups is 1. The third-order valence-electron chi connectivity index (χ3n) is 3.72. The first-order valence-corrected chi connectivity index (χ1v) is 9.17. The van der Waals surface area contributed by atoms with E-state index in [-0.39, 0.29) is 5.91 Å². The lowest BCUT2D eigenvalue weighted by Gasteiger charge is -2.09. The molecule has 0 saturated carbocycles. The van der Waals surface area contributed by atoms with Gasteiger partial charge in [0.15, 0.2) is 0 Å². The molecule has 3 aromatic rings. The molecule has 4 nitrogen and oxygen atoms in total. The minimum Gasteiger partial charge on any atom is -0.360 e. The molecule has 2 aromatic carbocycles. The summed E-state index contributed by atoms with van der Waals surface area (Å²) in [7, 11) is 0. The van der Waals surface area contributed by atoms with Crippen LogP contribution in [0.3, 0.4) is 0 Å². The summed E-state index contributed by atoms with van der Waals surface area (Å²) in [6.07, 6.45) is 0.819. The van der Waals surface area contributed by atoms with Crippen molar-refractivity contribution >= 4 is 17.7 Å². The average Bonchev–Trinajstić information content (AvgIpc) is 3.06. The molecule has 0 atom stereocenters. The fourth-order valence-corrected chi connectivity index (χ4v) is 3.40. The Morgan fingerprint density at radius 1 is 1.12 bits per heavy atom. The number of hydrogen-bond acceptors (Lipinski definition) is 4. The van der Waals surface area contributed by atoms with Gasteiger partial charge in [0.25, 0.3) is 5.91 Å². The summed E-state index contributed by atoms with van der Waals surface area (Å²) in [6.45, 7) is 2.51. The third-order valence-corrected chi connectivity index (χ3v) is 4.82. The largest absolute Gasteiger partial charge is 0.360 e. The van der Waals surface area contributed by atoms with Crippen molar-refractivity contribution in [2.45, 2.75) is 24.0 Å². The zero-order valence-corrected chi connectivity index (χ0v) is 14.9. The number of nitrogens with one attached hydrogen (secondary N) is 1. The summed E-state index contributed by atoms with van der Waals surface area (Å²) in [5.74, 6) is 1.41. The second kappa shape index (κ2) is 8.53. The van der Waals surface area contributed by atoms with E-state index in [0.717, 1.165) is 22.8 Å². The molecule has 0 fully saturated rings. The lowest BCUT2D eigenvalue weighted by molar-refractivity contribution is 0.0951. The van der Waals surface area contributed by atoms with E-state index < -0.39 is 0 Å². The van der Waals surface area contributed by atoms with Crippen molar-refractivity contribution in [3.8, 4) is 0 Å². The molecule has 1 N–H and O–H groups in total. The maximum absolute atomic E-state index is 12.5. The van der Waals surface area contributed by atoms with Gasteiger partial charge in [0, 0.05) is 17.5 Å². The Hall–Kier alpha value is -2.53. The highest BCUT2D eigenvalue weighted by atomic mass is 32.2. The molecule has 0 radical (unpaired) electrons. The Morgan fingerprint density at radius 2 is 1.88 bits per heavy atom. The predicted octanol–water partition coefficient (Wildman–Crippen LogP) is 4.25. The molecule has 5 heteroatoms. The van der Waals surface area contributed by atoms with Crippen molar-refractivity contribution in [3.63, 3.8) is 0 Å². The van der Waals surface area contributed by atoms with Crippen molar-refractivity contribution in [1.29, 1.82) is 0 Å². The summed E-state index contributed by atoms with van der Waals surface area (Å²) in [6, 6.07) is 19.7. The van der Waals surface area contributed by atoms with E-state index in [4.69, 9.17) is 4.52 Å². The topological polar surface area (TPSA) is 55.1 Å². The van der Waals surface area contributed by atoms with Gasteiger partial charge in [-0.05, 0) is 31.0 Å². The zero-order valence-electron chi connectivity index (χ0n) is 14.1. The van der Waals surface area contributed by atoms with Gasteiger partial charge in [-0.1, -0.05) is 47.6 Å². The van der Waals surface area contributed by atoms with E-state index in [1.165, 1.54) is 5.56 Å². The van der Waals surface area contributed by atoms with Crippen molar-refractivity contribution < 1.29 is 9.32 Å². The first-order valence-electron chi connectivity index (χ1n) is 8.18.